The third-order valence-corrected chi connectivity index (χ3v) is 2.99. The number of carbonyl (C=O) groups is 1. The fourth-order valence-electron chi connectivity index (χ4n) is 1.87. The monoisotopic (exact) mass is 288 g/mol. The maximum absolute atomic E-state index is 12.1. The number of phenols is 2. The van der Waals surface area contributed by atoms with Crippen LogP contribution in [-0.4, -0.2) is 31.3 Å². The van der Waals surface area contributed by atoms with Crippen LogP contribution in [0.1, 0.15) is 35.6 Å². The molecular formula is C14H16N4O3. The summed E-state index contributed by atoms with van der Waals surface area (Å²) in [5, 5.41) is 29.4. The molecule has 0 bridgehead atoms. The van der Waals surface area contributed by atoms with Crippen molar-refractivity contribution < 1.29 is 15.0 Å². The van der Waals surface area contributed by atoms with Gasteiger partial charge in [0.2, 0.25) is 5.95 Å². The van der Waals surface area contributed by atoms with Gasteiger partial charge in [-0.2, -0.15) is 0 Å². The number of aromatic hydroxyl groups is 2. The number of nitrogens with one attached hydrogen (secondary N) is 1. The van der Waals surface area contributed by atoms with Gasteiger partial charge in [0.15, 0.2) is 11.5 Å². The number of phenolic OH excluding ortho intramolecular Hbond substituents is 2. The molecule has 0 atom stereocenters. The molecule has 0 saturated heterocycles. The molecule has 2 rings (SSSR count). The Hall–Kier alpha value is -2.70. The van der Waals surface area contributed by atoms with Gasteiger partial charge in [-0.25, -0.2) is 4.98 Å². The second-order valence-electron chi connectivity index (χ2n) is 4.36. The van der Waals surface area contributed by atoms with Crippen molar-refractivity contribution in [2.24, 2.45) is 0 Å². The molecule has 0 radical (unpaired) electrons. The molecule has 0 aliphatic carbocycles. The number of aryl methyl sites for hydroxylation is 2. The number of anilines is 1. The van der Waals surface area contributed by atoms with Gasteiger partial charge in [-0.1, -0.05) is 19.9 Å². The number of nitrogens with zero attached hydrogens (tertiary/aromatic N) is 3. The summed E-state index contributed by atoms with van der Waals surface area (Å²) in [6, 6.07) is 4.13. The second-order valence-corrected chi connectivity index (χ2v) is 4.36. The Labute approximate surface area is 121 Å². The van der Waals surface area contributed by atoms with Crippen molar-refractivity contribution in [3.05, 3.63) is 35.2 Å². The van der Waals surface area contributed by atoms with Crippen LogP contribution in [0.4, 0.5) is 5.95 Å². The lowest BCUT2D eigenvalue weighted by Crippen LogP contribution is -2.16. The molecule has 7 nitrogen and oxygen atoms in total. The van der Waals surface area contributed by atoms with Gasteiger partial charge in [0.05, 0.1) is 17.0 Å². The van der Waals surface area contributed by atoms with Gasteiger partial charge in [0, 0.05) is 0 Å². The lowest BCUT2D eigenvalue weighted by Gasteiger charge is -2.08. The number of benzene rings is 1. The van der Waals surface area contributed by atoms with Crippen molar-refractivity contribution in [2.75, 3.05) is 5.32 Å². The molecule has 0 saturated carbocycles. The van der Waals surface area contributed by atoms with E-state index >= 15 is 0 Å². The highest BCUT2D eigenvalue weighted by atomic mass is 16.3. The summed E-state index contributed by atoms with van der Waals surface area (Å²) in [6.07, 6.45) is 1.39. The Morgan fingerprint density at radius 3 is 2.52 bits per heavy atom. The molecule has 1 heterocycles. The molecule has 0 spiro atoms. The molecule has 1 amide bonds. The van der Waals surface area contributed by atoms with Crippen LogP contribution in [0.2, 0.25) is 0 Å². The Kier molecular flexibility index (Phi) is 4.32. The van der Waals surface area contributed by atoms with Crippen LogP contribution in [0, 0.1) is 0 Å². The van der Waals surface area contributed by atoms with E-state index in [9.17, 15) is 15.0 Å². The number of aromatic nitrogens is 3. The smallest absolute Gasteiger partial charge is 0.261 e. The molecule has 3 N–H and O–H groups in total. The zero-order valence-corrected chi connectivity index (χ0v) is 11.8. The van der Waals surface area contributed by atoms with Crippen LogP contribution in [0.3, 0.4) is 0 Å². The largest absolute Gasteiger partial charge is 0.504 e. The molecule has 0 fully saturated rings. The first-order valence-electron chi connectivity index (χ1n) is 6.61. The maximum Gasteiger partial charge on any atom is 0.261 e. The van der Waals surface area contributed by atoms with E-state index in [0.717, 1.165) is 11.4 Å². The van der Waals surface area contributed by atoms with Crippen molar-refractivity contribution >= 4 is 11.9 Å². The Morgan fingerprint density at radius 2 is 1.86 bits per heavy atom. The fourth-order valence-corrected chi connectivity index (χ4v) is 1.87. The lowest BCUT2D eigenvalue weighted by molar-refractivity contribution is 0.102. The SMILES string of the molecule is CCc1nnc(NC(=O)c2cccc(O)c2O)nc1CC. The van der Waals surface area contributed by atoms with Crippen molar-refractivity contribution in [3.8, 4) is 11.5 Å². The average Bonchev–Trinajstić information content (AvgIpc) is 2.49. The first-order chi connectivity index (χ1) is 10.1. The number of rotatable bonds is 4. The van der Waals surface area contributed by atoms with E-state index in [4.69, 9.17) is 0 Å². The van der Waals surface area contributed by atoms with Gasteiger partial charge in [0.1, 0.15) is 0 Å². The topological polar surface area (TPSA) is 108 Å². The standard InChI is InChI=1S/C14H16N4O3/c1-3-9-10(4-2)17-18-14(15-9)16-13(21)8-6-5-7-11(19)12(8)20/h5-7,19-20H,3-4H2,1-2H3,(H,15,16,18,21). The van der Waals surface area contributed by atoms with E-state index in [1.807, 2.05) is 13.8 Å². The number of carbonyl (C=O) groups excluding carboxylic acids is 1. The highest BCUT2D eigenvalue weighted by Gasteiger charge is 2.16. The summed E-state index contributed by atoms with van der Waals surface area (Å²) in [5.41, 5.74) is 1.50. The maximum atomic E-state index is 12.1. The van der Waals surface area contributed by atoms with Crippen molar-refractivity contribution in [2.45, 2.75) is 26.7 Å². The summed E-state index contributed by atoms with van der Waals surface area (Å²) in [7, 11) is 0. The summed E-state index contributed by atoms with van der Waals surface area (Å²) in [6.45, 7) is 3.89. The van der Waals surface area contributed by atoms with E-state index in [1.165, 1.54) is 18.2 Å². The minimum Gasteiger partial charge on any atom is -0.504 e. The lowest BCUT2D eigenvalue weighted by atomic mass is 10.2. The summed E-state index contributed by atoms with van der Waals surface area (Å²) in [4.78, 5) is 16.3. The van der Waals surface area contributed by atoms with Crippen molar-refractivity contribution in [1.82, 2.24) is 15.2 Å². The van der Waals surface area contributed by atoms with E-state index < -0.39 is 11.7 Å². The zero-order valence-electron chi connectivity index (χ0n) is 11.8. The molecule has 1 aromatic carbocycles. The molecule has 0 aliphatic heterocycles. The van der Waals surface area contributed by atoms with Gasteiger partial charge in [-0.15, -0.1) is 10.2 Å². The van der Waals surface area contributed by atoms with E-state index in [-0.39, 0.29) is 17.3 Å². The van der Waals surface area contributed by atoms with Gasteiger partial charge < -0.3 is 10.2 Å². The van der Waals surface area contributed by atoms with Gasteiger partial charge in [-0.05, 0) is 25.0 Å². The summed E-state index contributed by atoms with van der Waals surface area (Å²) < 4.78 is 0. The summed E-state index contributed by atoms with van der Waals surface area (Å²) >= 11 is 0. The quantitative estimate of drug-likeness (QED) is 0.738. The minimum atomic E-state index is -0.614. The molecule has 0 aliphatic rings. The highest BCUT2D eigenvalue weighted by Crippen LogP contribution is 2.28. The number of amides is 1. The van der Waals surface area contributed by atoms with Gasteiger partial charge in [-0.3, -0.25) is 10.1 Å². The molecular weight excluding hydrogens is 272 g/mol. The number of hydrogen-bond donors (Lipinski definition) is 3. The molecule has 21 heavy (non-hydrogen) atoms. The Bertz CT molecular complexity index is 673. The molecule has 2 aromatic rings. The second kappa shape index (κ2) is 6.17. The minimum absolute atomic E-state index is 0.0591. The highest BCUT2D eigenvalue weighted by molar-refractivity contribution is 6.05. The Morgan fingerprint density at radius 1 is 1.14 bits per heavy atom. The number of hydrogen-bond acceptors (Lipinski definition) is 6. The van der Waals surface area contributed by atoms with Crippen LogP contribution in [-0.2, 0) is 12.8 Å². The predicted molar refractivity (Wildman–Crippen MR) is 76.3 cm³/mol. The van der Waals surface area contributed by atoms with Crippen LogP contribution < -0.4 is 5.32 Å². The molecule has 0 unspecified atom stereocenters. The van der Waals surface area contributed by atoms with E-state index in [0.29, 0.717) is 12.8 Å². The first-order valence-corrected chi connectivity index (χ1v) is 6.61. The predicted octanol–water partition coefficient (Wildman–Crippen LogP) is 1.66. The summed E-state index contributed by atoms with van der Waals surface area (Å²) in [5.74, 6) is -1.39. The molecule has 1 aromatic heterocycles. The number of para-hydroxylation sites is 1. The van der Waals surface area contributed by atoms with Crippen LogP contribution in [0.15, 0.2) is 18.2 Å². The van der Waals surface area contributed by atoms with Crippen LogP contribution in [0.5, 0.6) is 11.5 Å². The van der Waals surface area contributed by atoms with Crippen molar-refractivity contribution in [3.63, 3.8) is 0 Å². The average molecular weight is 288 g/mol. The first kappa shape index (κ1) is 14.7. The van der Waals surface area contributed by atoms with E-state index in [1.54, 1.807) is 0 Å². The molecule has 7 heteroatoms. The zero-order chi connectivity index (χ0) is 15.4. The van der Waals surface area contributed by atoms with Crippen molar-refractivity contribution in [1.29, 1.82) is 0 Å². The fraction of sp³-hybridized carbons (Fsp3) is 0.286. The third-order valence-electron chi connectivity index (χ3n) is 2.99. The van der Waals surface area contributed by atoms with Crippen LogP contribution in [0.25, 0.3) is 0 Å². The van der Waals surface area contributed by atoms with Gasteiger partial charge >= 0.3 is 0 Å². The van der Waals surface area contributed by atoms with Gasteiger partial charge in [0.25, 0.3) is 5.91 Å². The Balaban J connectivity index is 2.25. The molecule has 110 valence electrons. The third kappa shape index (κ3) is 3.07. The van der Waals surface area contributed by atoms with Crippen LogP contribution >= 0.6 is 0 Å². The van der Waals surface area contributed by atoms with E-state index in [2.05, 4.69) is 20.5 Å². The normalized spacial score (nSPS) is 10.4.